The largest absolute Gasteiger partial charge is 0.441 e. The fourth-order valence-electron chi connectivity index (χ4n) is 2.26. The average molecular weight is 359 g/mol. The molecule has 1 aromatic carbocycles. The Bertz CT molecular complexity index is 1110. The molecule has 0 aliphatic heterocycles. The Morgan fingerprint density at radius 2 is 2.12 bits per heavy atom. The molecule has 0 amide bonds. The van der Waals surface area contributed by atoms with Crippen LogP contribution in [0.15, 0.2) is 58.7 Å². The summed E-state index contributed by atoms with van der Waals surface area (Å²) in [7, 11) is 0. The molecule has 0 atom stereocenters. The number of nitrogens with zero attached hydrogens (tertiary/aromatic N) is 6. The molecular weight excluding hydrogens is 351 g/mol. The fourth-order valence-corrected chi connectivity index (χ4v) is 2.37. The lowest BCUT2D eigenvalue weighted by Crippen LogP contribution is -2.23. The number of halogens is 2. The van der Waals surface area contributed by atoms with Gasteiger partial charge in [-0.2, -0.15) is 15.1 Å². The predicted octanol–water partition coefficient (Wildman–Crippen LogP) is 2.26. The summed E-state index contributed by atoms with van der Waals surface area (Å²) in [5.74, 6) is 0.104. The zero-order valence-corrected chi connectivity index (χ0v) is 13.1. The minimum atomic E-state index is -0.603. The van der Waals surface area contributed by atoms with Gasteiger partial charge >= 0.3 is 5.69 Å². The molecule has 0 radical (unpaired) electrons. The lowest BCUT2D eigenvalue weighted by Gasteiger charge is -2.06. The van der Waals surface area contributed by atoms with Crippen LogP contribution in [-0.4, -0.2) is 29.3 Å². The molecule has 0 aliphatic carbocycles. The molecule has 124 valence electrons. The van der Waals surface area contributed by atoms with E-state index < -0.39 is 11.5 Å². The molecule has 0 saturated carbocycles. The number of hydrogen-bond donors (Lipinski definition) is 0. The molecule has 0 aliphatic rings. The second kappa shape index (κ2) is 5.95. The van der Waals surface area contributed by atoms with Gasteiger partial charge in [-0.05, 0) is 24.3 Å². The summed E-state index contributed by atoms with van der Waals surface area (Å²) < 4.78 is 21.6. The molecule has 0 saturated heterocycles. The van der Waals surface area contributed by atoms with E-state index in [0.717, 1.165) is 6.39 Å². The highest BCUT2D eigenvalue weighted by Crippen LogP contribution is 2.28. The van der Waals surface area contributed by atoms with Crippen molar-refractivity contribution in [3.05, 3.63) is 70.8 Å². The first-order chi connectivity index (χ1) is 12.1. The maximum absolute atomic E-state index is 13.7. The zero-order valence-electron chi connectivity index (χ0n) is 12.4. The van der Waals surface area contributed by atoms with E-state index in [9.17, 15) is 9.18 Å². The molecule has 8 nitrogen and oxygen atoms in total. The molecule has 0 N–H and O–H groups in total. The Morgan fingerprint density at radius 3 is 2.84 bits per heavy atom. The van der Waals surface area contributed by atoms with Gasteiger partial charge in [0.1, 0.15) is 18.5 Å². The van der Waals surface area contributed by atoms with Gasteiger partial charge in [0.15, 0.2) is 23.8 Å². The monoisotopic (exact) mass is 358 g/mol. The maximum Gasteiger partial charge on any atom is 0.355 e. The quantitative estimate of drug-likeness (QED) is 0.558. The van der Waals surface area contributed by atoms with Gasteiger partial charge < -0.3 is 4.42 Å². The number of benzene rings is 1. The van der Waals surface area contributed by atoms with E-state index >= 15 is 0 Å². The minimum Gasteiger partial charge on any atom is -0.441 e. The molecule has 3 aromatic heterocycles. The fraction of sp³-hybridized carbons (Fsp3) is 0. The highest BCUT2D eigenvalue weighted by molar-refractivity contribution is 6.30. The van der Waals surface area contributed by atoms with Gasteiger partial charge in [0.25, 0.3) is 0 Å². The Labute approximate surface area is 144 Å². The molecule has 0 fully saturated rings. The number of aromatic nitrogens is 6. The van der Waals surface area contributed by atoms with E-state index in [1.54, 1.807) is 12.1 Å². The lowest BCUT2D eigenvalue weighted by molar-refractivity contribution is 0.569. The van der Waals surface area contributed by atoms with Gasteiger partial charge in [0.2, 0.25) is 0 Å². The summed E-state index contributed by atoms with van der Waals surface area (Å²) in [6, 6.07) is 5.73. The third-order valence-corrected chi connectivity index (χ3v) is 3.71. The van der Waals surface area contributed by atoms with E-state index in [4.69, 9.17) is 16.0 Å². The standard InChI is InChI=1S/C15H8ClFN6O2/c16-10-2-1-9(5-11(10)17)13-14(19-8-25-13)22-4-3-12(21-15(22)24)23-7-18-6-20-23/h1-8H. The van der Waals surface area contributed by atoms with Gasteiger partial charge in [0.05, 0.1) is 5.02 Å². The van der Waals surface area contributed by atoms with Gasteiger partial charge in [-0.3, -0.25) is 0 Å². The highest BCUT2D eigenvalue weighted by Gasteiger charge is 2.16. The summed E-state index contributed by atoms with van der Waals surface area (Å²) in [6.45, 7) is 0. The van der Waals surface area contributed by atoms with Gasteiger partial charge in [-0.25, -0.2) is 23.4 Å². The van der Waals surface area contributed by atoms with Crippen molar-refractivity contribution in [1.82, 2.24) is 29.3 Å². The molecule has 0 spiro atoms. The Hall–Kier alpha value is -3.33. The van der Waals surface area contributed by atoms with Crippen molar-refractivity contribution in [2.45, 2.75) is 0 Å². The zero-order chi connectivity index (χ0) is 17.4. The van der Waals surface area contributed by atoms with Crippen LogP contribution in [0.2, 0.25) is 5.02 Å². The first kappa shape index (κ1) is 15.2. The maximum atomic E-state index is 13.7. The summed E-state index contributed by atoms with van der Waals surface area (Å²) in [5, 5.41) is 3.90. The van der Waals surface area contributed by atoms with Crippen LogP contribution in [-0.2, 0) is 0 Å². The van der Waals surface area contributed by atoms with Crippen molar-refractivity contribution in [2.75, 3.05) is 0 Å². The number of hydrogen-bond acceptors (Lipinski definition) is 6. The summed E-state index contributed by atoms with van der Waals surface area (Å²) in [4.78, 5) is 24.1. The Balaban J connectivity index is 1.80. The smallest absolute Gasteiger partial charge is 0.355 e. The molecule has 4 rings (SSSR count). The van der Waals surface area contributed by atoms with Crippen molar-refractivity contribution in [1.29, 1.82) is 0 Å². The van der Waals surface area contributed by atoms with E-state index in [2.05, 4.69) is 20.1 Å². The van der Waals surface area contributed by atoms with Crippen LogP contribution >= 0.6 is 11.6 Å². The Kier molecular flexibility index (Phi) is 3.62. The van der Waals surface area contributed by atoms with Crippen molar-refractivity contribution < 1.29 is 8.81 Å². The van der Waals surface area contributed by atoms with E-state index in [1.807, 2.05) is 0 Å². The second-order valence-electron chi connectivity index (χ2n) is 4.91. The van der Waals surface area contributed by atoms with Crippen LogP contribution in [0.4, 0.5) is 4.39 Å². The van der Waals surface area contributed by atoms with E-state index in [0.29, 0.717) is 11.4 Å². The predicted molar refractivity (Wildman–Crippen MR) is 85.2 cm³/mol. The lowest BCUT2D eigenvalue weighted by atomic mass is 10.1. The first-order valence-electron chi connectivity index (χ1n) is 6.97. The number of oxazole rings is 1. The molecule has 0 bridgehead atoms. The van der Waals surface area contributed by atoms with Gasteiger partial charge in [-0.1, -0.05) is 11.6 Å². The topological polar surface area (TPSA) is 91.6 Å². The SMILES string of the molecule is O=c1nc(-n2cncn2)ccn1-c1ncoc1-c1ccc(Cl)c(F)c1. The van der Waals surface area contributed by atoms with Crippen LogP contribution in [0.1, 0.15) is 0 Å². The van der Waals surface area contributed by atoms with Crippen molar-refractivity contribution >= 4 is 11.6 Å². The van der Waals surface area contributed by atoms with Crippen molar-refractivity contribution in [3.8, 4) is 23.0 Å². The molecule has 25 heavy (non-hydrogen) atoms. The summed E-state index contributed by atoms with van der Waals surface area (Å²) >= 11 is 5.69. The number of rotatable bonds is 3. The summed E-state index contributed by atoms with van der Waals surface area (Å²) in [6.07, 6.45) is 5.39. The average Bonchev–Trinajstić information content (AvgIpc) is 3.28. The van der Waals surface area contributed by atoms with Gasteiger partial charge in [0, 0.05) is 11.8 Å². The second-order valence-corrected chi connectivity index (χ2v) is 5.32. The van der Waals surface area contributed by atoms with Crippen LogP contribution in [0.5, 0.6) is 0 Å². The van der Waals surface area contributed by atoms with E-state index in [-0.39, 0.29) is 16.6 Å². The molecular formula is C15H8ClFN6O2. The minimum absolute atomic E-state index is 0.0131. The normalized spacial score (nSPS) is 11.0. The Morgan fingerprint density at radius 1 is 1.24 bits per heavy atom. The van der Waals surface area contributed by atoms with Crippen LogP contribution < -0.4 is 5.69 Å². The third-order valence-electron chi connectivity index (χ3n) is 3.40. The van der Waals surface area contributed by atoms with E-state index in [1.165, 1.54) is 40.2 Å². The van der Waals surface area contributed by atoms with Crippen LogP contribution in [0.25, 0.3) is 23.0 Å². The third kappa shape index (κ3) is 2.70. The first-order valence-corrected chi connectivity index (χ1v) is 7.35. The molecule has 0 unspecified atom stereocenters. The molecule has 10 heteroatoms. The van der Waals surface area contributed by atoms with Crippen molar-refractivity contribution in [3.63, 3.8) is 0 Å². The highest BCUT2D eigenvalue weighted by atomic mass is 35.5. The van der Waals surface area contributed by atoms with Crippen LogP contribution in [0.3, 0.4) is 0 Å². The van der Waals surface area contributed by atoms with Gasteiger partial charge in [-0.15, -0.1) is 0 Å². The molecule has 3 heterocycles. The van der Waals surface area contributed by atoms with Crippen molar-refractivity contribution in [2.24, 2.45) is 0 Å². The summed E-state index contributed by atoms with van der Waals surface area (Å²) in [5.41, 5.74) is -0.209. The molecule has 4 aromatic rings. The van der Waals surface area contributed by atoms with Crippen LogP contribution in [0, 0.1) is 5.82 Å².